The molecule has 35 heavy (non-hydrogen) atoms. The van der Waals surface area contributed by atoms with Crippen LogP contribution in [0.15, 0.2) is 22.7 Å². The summed E-state index contributed by atoms with van der Waals surface area (Å²) in [5, 5.41) is 5.27. The molecule has 1 atom stereocenters. The highest BCUT2D eigenvalue weighted by molar-refractivity contribution is 9.10. The van der Waals surface area contributed by atoms with Crippen molar-refractivity contribution in [3.05, 3.63) is 44.2 Å². The third kappa shape index (κ3) is 5.30. The van der Waals surface area contributed by atoms with Gasteiger partial charge >= 0.3 is 18.0 Å². The maximum absolute atomic E-state index is 12.9. The lowest BCUT2D eigenvalue weighted by molar-refractivity contribution is -0.127. The minimum atomic E-state index is -0.966. The molecule has 1 saturated heterocycles. The molecule has 0 aliphatic carbocycles. The summed E-state index contributed by atoms with van der Waals surface area (Å²) in [7, 11) is 3.83. The fraction of sp³-hybridized carbons (Fsp3) is 0.318. The van der Waals surface area contributed by atoms with E-state index in [4.69, 9.17) is 14.2 Å². The van der Waals surface area contributed by atoms with Gasteiger partial charge in [-0.15, -0.1) is 11.3 Å². The van der Waals surface area contributed by atoms with E-state index >= 15 is 0 Å². The van der Waals surface area contributed by atoms with Crippen LogP contribution in [-0.2, 0) is 19.1 Å². The zero-order valence-electron chi connectivity index (χ0n) is 19.2. The largest absolute Gasteiger partial charge is 0.496 e. The van der Waals surface area contributed by atoms with E-state index in [9.17, 15) is 24.0 Å². The molecule has 1 aromatic carbocycles. The highest BCUT2D eigenvalue weighted by Crippen LogP contribution is 2.35. The molecule has 0 spiro atoms. The number of carbonyl (C=O) groups is 5. The molecule has 0 bridgehead atoms. The van der Waals surface area contributed by atoms with Crippen LogP contribution in [0, 0.1) is 6.92 Å². The number of rotatable bonds is 8. The number of esters is 2. The highest BCUT2D eigenvalue weighted by Gasteiger charge is 2.40. The lowest BCUT2D eigenvalue weighted by Crippen LogP contribution is -2.33. The number of hydrogen-bond acceptors (Lipinski definition) is 9. The van der Waals surface area contributed by atoms with Crippen molar-refractivity contribution in [2.75, 3.05) is 33.2 Å². The van der Waals surface area contributed by atoms with E-state index in [1.165, 1.54) is 28.3 Å². The highest BCUT2D eigenvalue weighted by atomic mass is 79.9. The number of nitrogens with one attached hydrogen (secondary N) is 2. The monoisotopic (exact) mass is 567 g/mol. The van der Waals surface area contributed by atoms with Crippen molar-refractivity contribution in [2.24, 2.45) is 0 Å². The standard InChI is InChI=1S/C22H22BrN3O8S/c1-10-15(20(29)33-3)18(35-17(10)21(30)34-4)24-14(27)7-8-26-19(28)16(25-22(26)31)12-9-11(23)5-6-13(12)32-2/h5-6,9,16H,7-8H2,1-4H3,(H,24,27)(H,25,31). The normalized spacial score (nSPS) is 15.0. The Bertz CT molecular complexity index is 1210. The van der Waals surface area contributed by atoms with Crippen molar-refractivity contribution in [1.29, 1.82) is 0 Å². The number of thiophene rings is 1. The number of carbonyl (C=O) groups excluding carboxylic acids is 5. The average Bonchev–Trinajstić information content (AvgIpc) is 3.31. The molecule has 4 amide bonds. The summed E-state index contributed by atoms with van der Waals surface area (Å²) in [6, 6.07) is 3.46. The molecule has 2 heterocycles. The van der Waals surface area contributed by atoms with Gasteiger partial charge in [0.05, 0.1) is 26.9 Å². The lowest BCUT2D eigenvalue weighted by atomic mass is 10.1. The zero-order valence-corrected chi connectivity index (χ0v) is 21.6. The molecule has 1 aliphatic heterocycles. The van der Waals surface area contributed by atoms with Gasteiger partial charge in [-0.25, -0.2) is 14.4 Å². The Hall–Kier alpha value is -3.45. The quantitative estimate of drug-likeness (QED) is 0.366. The van der Waals surface area contributed by atoms with Crippen molar-refractivity contribution in [1.82, 2.24) is 10.2 Å². The second-order valence-electron chi connectivity index (χ2n) is 7.30. The molecule has 1 unspecified atom stereocenters. The number of benzene rings is 1. The Labute approximate surface area is 212 Å². The Morgan fingerprint density at radius 2 is 1.83 bits per heavy atom. The summed E-state index contributed by atoms with van der Waals surface area (Å²) in [5.74, 6) is -2.07. The number of anilines is 1. The first-order valence-electron chi connectivity index (χ1n) is 10.2. The summed E-state index contributed by atoms with van der Waals surface area (Å²) in [4.78, 5) is 63.3. The van der Waals surface area contributed by atoms with Crippen molar-refractivity contribution < 1.29 is 38.2 Å². The van der Waals surface area contributed by atoms with Gasteiger partial charge < -0.3 is 24.8 Å². The van der Waals surface area contributed by atoms with Gasteiger partial charge in [-0.1, -0.05) is 15.9 Å². The van der Waals surface area contributed by atoms with Gasteiger partial charge in [-0.05, 0) is 30.7 Å². The van der Waals surface area contributed by atoms with Crippen LogP contribution in [0.25, 0.3) is 0 Å². The van der Waals surface area contributed by atoms with Gasteiger partial charge in [0.1, 0.15) is 21.7 Å². The third-order valence-corrected chi connectivity index (χ3v) is 6.93. The Kier molecular flexibility index (Phi) is 8.12. The summed E-state index contributed by atoms with van der Waals surface area (Å²) in [6.07, 6.45) is -0.243. The van der Waals surface area contributed by atoms with E-state index in [-0.39, 0.29) is 28.4 Å². The summed E-state index contributed by atoms with van der Waals surface area (Å²) in [5.41, 5.74) is 0.811. The number of ether oxygens (including phenoxy) is 3. The number of imide groups is 1. The zero-order chi connectivity index (χ0) is 25.9. The molecule has 2 aromatic rings. The van der Waals surface area contributed by atoms with Crippen LogP contribution < -0.4 is 15.4 Å². The van der Waals surface area contributed by atoms with Crippen molar-refractivity contribution in [3.63, 3.8) is 0 Å². The van der Waals surface area contributed by atoms with E-state index in [1.54, 1.807) is 18.2 Å². The van der Waals surface area contributed by atoms with Crippen molar-refractivity contribution in [3.8, 4) is 5.75 Å². The molecule has 11 nitrogen and oxygen atoms in total. The van der Waals surface area contributed by atoms with E-state index in [1.807, 2.05) is 0 Å². The molecule has 3 rings (SSSR count). The van der Waals surface area contributed by atoms with Crippen LogP contribution in [0.5, 0.6) is 5.75 Å². The fourth-order valence-electron chi connectivity index (χ4n) is 3.51. The predicted molar refractivity (Wildman–Crippen MR) is 129 cm³/mol. The van der Waals surface area contributed by atoms with E-state index in [2.05, 4.69) is 26.6 Å². The van der Waals surface area contributed by atoms with Gasteiger partial charge in [-0.3, -0.25) is 14.5 Å². The van der Waals surface area contributed by atoms with Gasteiger partial charge in [0.2, 0.25) is 5.91 Å². The third-order valence-electron chi connectivity index (χ3n) is 5.25. The van der Waals surface area contributed by atoms with Crippen LogP contribution in [0.4, 0.5) is 9.80 Å². The molecule has 1 fully saturated rings. The van der Waals surface area contributed by atoms with Crippen LogP contribution in [-0.4, -0.2) is 62.6 Å². The number of halogens is 1. The summed E-state index contributed by atoms with van der Waals surface area (Å²) < 4.78 is 15.5. The minimum Gasteiger partial charge on any atom is -0.496 e. The molecule has 186 valence electrons. The summed E-state index contributed by atoms with van der Waals surface area (Å²) in [6.45, 7) is 1.33. The maximum Gasteiger partial charge on any atom is 0.348 e. The van der Waals surface area contributed by atoms with Gasteiger partial charge in [-0.2, -0.15) is 0 Å². The topological polar surface area (TPSA) is 140 Å². The van der Waals surface area contributed by atoms with Crippen LogP contribution >= 0.6 is 27.3 Å². The first kappa shape index (κ1) is 26.2. The molecule has 0 saturated carbocycles. The van der Waals surface area contributed by atoms with Crippen LogP contribution in [0.2, 0.25) is 0 Å². The van der Waals surface area contributed by atoms with E-state index in [0.717, 1.165) is 16.2 Å². The molecule has 1 aliphatic rings. The second kappa shape index (κ2) is 10.9. The van der Waals surface area contributed by atoms with Gasteiger partial charge in [0.15, 0.2) is 0 Å². The Balaban J connectivity index is 1.73. The Morgan fingerprint density at radius 1 is 1.14 bits per heavy atom. The number of nitrogens with zero attached hydrogens (tertiary/aromatic N) is 1. The van der Waals surface area contributed by atoms with Gasteiger partial charge in [0.25, 0.3) is 5.91 Å². The van der Waals surface area contributed by atoms with Crippen molar-refractivity contribution in [2.45, 2.75) is 19.4 Å². The first-order chi connectivity index (χ1) is 16.6. The summed E-state index contributed by atoms with van der Waals surface area (Å²) >= 11 is 4.21. The molecule has 0 radical (unpaired) electrons. The average molecular weight is 568 g/mol. The predicted octanol–water partition coefficient (Wildman–Crippen LogP) is 3.02. The SMILES string of the molecule is COC(=O)c1sc(NC(=O)CCN2C(=O)NC(c3cc(Br)ccc3OC)C2=O)c(C(=O)OC)c1C. The second-order valence-corrected chi connectivity index (χ2v) is 9.24. The lowest BCUT2D eigenvalue weighted by Gasteiger charge is -2.15. The molecule has 13 heteroatoms. The van der Waals surface area contributed by atoms with Crippen molar-refractivity contribution >= 4 is 62.1 Å². The molecule has 2 N–H and O–H groups in total. The number of urea groups is 1. The molecule has 1 aromatic heterocycles. The number of amides is 4. The van der Waals surface area contributed by atoms with E-state index < -0.39 is 35.8 Å². The van der Waals surface area contributed by atoms with Crippen LogP contribution in [0.1, 0.15) is 43.6 Å². The maximum atomic E-state index is 12.9. The van der Waals surface area contributed by atoms with Gasteiger partial charge in [0, 0.05) is 23.0 Å². The fourth-order valence-corrected chi connectivity index (χ4v) is 5.02. The number of hydrogen-bond donors (Lipinski definition) is 2. The first-order valence-corrected chi connectivity index (χ1v) is 11.8. The van der Waals surface area contributed by atoms with Crippen LogP contribution in [0.3, 0.4) is 0 Å². The number of methoxy groups -OCH3 is 3. The minimum absolute atomic E-state index is 0.0306. The molecular weight excluding hydrogens is 546 g/mol. The Morgan fingerprint density at radius 3 is 2.46 bits per heavy atom. The molecular formula is C22H22BrN3O8S. The van der Waals surface area contributed by atoms with E-state index in [0.29, 0.717) is 21.3 Å². The smallest absolute Gasteiger partial charge is 0.348 e.